The number of aromatic nitrogens is 1. The van der Waals surface area contributed by atoms with Crippen LogP contribution in [0, 0.1) is 13.8 Å². The van der Waals surface area contributed by atoms with E-state index in [1.165, 1.54) is 11.3 Å². The van der Waals surface area contributed by atoms with E-state index in [4.69, 9.17) is 4.74 Å². The number of thiazole rings is 1. The van der Waals surface area contributed by atoms with Gasteiger partial charge in [0.25, 0.3) is 5.91 Å². The summed E-state index contributed by atoms with van der Waals surface area (Å²) in [5.74, 6) is 0.505. The largest absolute Gasteiger partial charge is 0.484 e. The van der Waals surface area contributed by atoms with E-state index in [0.717, 1.165) is 11.1 Å². The van der Waals surface area contributed by atoms with E-state index in [9.17, 15) is 4.79 Å². The van der Waals surface area contributed by atoms with Crippen molar-refractivity contribution in [3.63, 3.8) is 0 Å². The molecule has 5 heteroatoms. The van der Waals surface area contributed by atoms with Crippen LogP contribution in [0.15, 0.2) is 29.8 Å². The van der Waals surface area contributed by atoms with Gasteiger partial charge in [0, 0.05) is 11.6 Å². The van der Waals surface area contributed by atoms with Gasteiger partial charge in [-0.3, -0.25) is 10.1 Å². The molecule has 0 atom stereocenters. The fourth-order valence-corrected chi connectivity index (χ4v) is 2.15. The molecule has 2 aromatic rings. The van der Waals surface area contributed by atoms with E-state index in [-0.39, 0.29) is 12.5 Å². The molecule has 2 rings (SSSR count). The summed E-state index contributed by atoms with van der Waals surface area (Å²) in [7, 11) is 0. The molecule has 0 unspecified atom stereocenters. The minimum absolute atomic E-state index is 0.0114. The minimum Gasteiger partial charge on any atom is -0.484 e. The monoisotopic (exact) mass is 262 g/mol. The lowest BCUT2D eigenvalue weighted by atomic mass is 10.1. The van der Waals surface area contributed by atoms with E-state index >= 15 is 0 Å². The lowest BCUT2D eigenvalue weighted by Gasteiger charge is -2.07. The van der Waals surface area contributed by atoms with Crippen molar-refractivity contribution in [1.29, 1.82) is 0 Å². The zero-order valence-corrected chi connectivity index (χ0v) is 11.1. The third kappa shape index (κ3) is 3.56. The molecule has 0 aliphatic heterocycles. The molecule has 1 heterocycles. The molecule has 0 aliphatic carbocycles. The van der Waals surface area contributed by atoms with Gasteiger partial charge >= 0.3 is 0 Å². The summed E-state index contributed by atoms with van der Waals surface area (Å²) in [6.45, 7) is 3.98. The van der Waals surface area contributed by atoms with Gasteiger partial charge in [0.2, 0.25) is 0 Å². The number of nitrogens with zero attached hydrogens (tertiary/aromatic N) is 1. The van der Waals surface area contributed by atoms with Gasteiger partial charge in [-0.2, -0.15) is 0 Å². The first-order valence-electron chi connectivity index (χ1n) is 5.54. The number of anilines is 1. The van der Waals surface area contributed by atoms with Crippen molar-refractivity contribution in [2.75, 3.05) is 11.9 Å². The highest BCUT2D eigenvalue weighted by Gasteiger charge is 2.05. The highest BCUT2D eigenvalue weighted by atomic mass is 32.1. The smallest absolute Gasteiger partial charge is 0.264 e. The second-order valence-corrected chi connectivity index (χ2v) is 4.89. The van der Waals surface area contributed by atoms with Crippen LogP contribution in [-0.2, 0) is 4.79 Å². The van der Waals surface area contributed by atoms with Crippen molar-refractivity contribution in [2.24, 2.45) is 0 Å². The van der Waals surface area contributed by atoms with Crippen LogP contribution in [0.5, 0.6) is 5.75 Å². The van der Waals surface area contributed by atoms with Gasteiger partial charge in [0.05, 0.1) is 0 Å². The van der Waals surface area contributed by atoms with E-state index < -0.39 is 0 Å². The highest BCUT2D eigenvalue weighted by molar-refractivity contribution is 7.13. The summed E-state index contributed by atoms with van der Waals surface area (Å²) >= 11 is 1.38. The van der Waals surface area contributed by atoms with Crippen molar-refractivity contribution in [3.8, 4) is 5.75 Å². The van der Waals surface area contributed by atoms with Gasteiger partial charge in [-0.25, -0.2) is 4.98 Å². The maximum Gasteiger partial charge on any atom is 0.264 e. The van der Waals surface area contributed by atoms with Crippen molar-refractivity contribution in [3.05, 3.63) is 40.9 Å². The SMILES string of the molecule is Cc1cc(C)cc(OCC(=O)Nc2nccs2)c1. The lowest BCUT2D eigenvalue weighted by Crippen LogP contribution is -2.20. The van der Waals surface area contributed by atoms with Crippen LogP contribution >= 0.6 is 11.3 Å². The van der Waals surface area contributed by atoms with Crippen LogP contribution < -0.4 is 10.1 Å². The van der Waals surface area contributed by atoms with E-state index in [1.54, 1.807) is 11.6 Å². The molecule has 0 radical (unpaired) electrons. The predicted molar refractivity (Wildman–Crippen MR) is 72.2 cm³/mol. The average Bonchev–Trinajstić information content (AvgIpc) is 2.78. The van der Waals surface area contributed by atoms with Crippen LogP contribution in [0.1, 0.15) is 11.1 Å². The Kier molecular flexibility index (Phi) is 3.94. The Bertz CT molecular complexity index is 518. The van der Waals surface area contributed by atoms with Crippen molar-refractivity contribution < 1.29 is 9.53 Å². The topological polar surface area (TPSA) is 51.2 Å². The van der Waals surface area contributed by atoms with E-state index in [1.807, 2.05) is 26.0 Å². The van der Waals surface area contributed by atoms with Crippen LogP contribution in [-0.4, -0.2) is 17.5 Å². The van der Waals surface area contributed by atoms with Gasteiger partial charge in [0.1, 0.15) is 5.75 Å². The maximum absolute atomic E-state index is 11.6. The molecule has 1 amide bonds. The number of hydrogen-bond donors (Lipinski definition) is 1. The Hall–Kier alpha value is -1.88. The number of aryl methyl sites for hydroxylation is 2. The highest BCUT2D eigenvalue weighted by Crippen LogP contribution is 2.16. The average molecular weight is 262 g/mol. The molecule has 4 nitrogen and oxygen atoms in total. The summed E-state index contributed by atoms with van der Waals surface area (Å²) in [4.78, 5) is 15.6. The second kappa shape index (κ2) is 5.64. The van der Waals surface area contributed by atoms with Gasteiger partial charge in [-0.1, -0.05) is 6.07 Å². The fraction of sp³-hybridized carbons (Fsp3) is 0.231. The maximum atomic E-state index is 11.6. The first kappa shape index (κ1) is 12.6. The van der Waals surface area contributed by atoms with Gasteiger partial charge in [0.15, 0.2) is 11.7 Å². The van der Waals surface area contributed by atoms with Gasteiger partial charge in [-0.05, 0) is 37.1 Å². The number of nitrogens with one attached hydrogen (secondary N) is 1. The molecule has 0 aliphatic rings. The van der Waals surface area contributed by atoms with Crippen LogP contribution in [0.4, 0.5) is 5.13 Å². The standard InChI is InChI=1S/C13H14N2O2S/c1-9-5-10(2)7-11(6-9)17-8-12(16)15-13-14-3-4-18-13/h3-7H,8H2,1-2H3,(H,14,15,16). The predicted octanol–water partition coefficient (Wildman–Crippen LogP) is 2.78. The molecule has 0 fully saturated rings. The third-order valence-corrected chi connectivity index (χ3v) is 2.93. The van der Waals surface area contributed by atoms with Gasteiger partial charge in [-0.15, -0.1) is 11.3 Å². The van der Waals surface area contributed by atoms with Gasteiger partial charge < -0.3 is 4.74 Å². The summed E-state index contributed by atoms with van der Waals surface area (Å²) in [6.07, 6.45) is 1.64. The molecule has 0 saturated heterocycles. The van der Waals surface area contributed by atoms with Crippen molar-refractivity contribution in [2.45, 2.75) is 13.8 Å². The van der Waals surface area contributed by atoms with E-state index in [2.05, 4.69) is 16.4 Å². The molecular formula is C13H14N2O2S. The molecule has 0 spiro atoms. The lowest BCUT2D eigenvalue weighted by molar-refractivity contribution is -0.118. The van der Waals surface area contributed by atoms with Crippen molar-refractivity contribution in [1.82, 2.24) is 4.98 Å². The van der Waals surface area contributed by atoms with Crippen molar-refractivity contribution >= 4 is 22.4 Å². The molecule has 0 saturated carbocycles. The number of hydrogen-bond acceptors (Lipinski definition) is 4. The number of rotatable bonds is 4. The fourth-order valence-electron chi connectivity index (χ4n) is 1.61. The summed E-state index contributed by atoms with van der Waals surface area (Å²) in [5, 5.41) is 5.06. The quantitative estimate of drug-likeness (QED) is 0.921. The van der Waals surface area contributed by atoms with Crippen LogP contribution in [0.2, 0.25) is 0 Å². The second-order valence-electron chi connectivity index (χ2n) is 4.00. The first-order valence-corrected chi connectivity index (χ1v) is 6.42. The zero-order valence-electron chi connectivity index (χ0n) is 10.3. The Balaban J connectivity index is 1.89. The van der Waals surface area contributed by atoms with Crippen LogP contribution in [0.25, 0.3) is 0 Å². The Morgan fingerprint density at radius 1 is 1.33 bits per heavy atom. The number of carbonyl (C=O) groups is 1. The number of benzene rings is 1. The summed E-state index contributed by atoms with van der Waals surface area (Å²) in [6, 6.07) is 5.87. The molecule has 18 heavy (non-hydrogen) atoms. The zero-order chi connectivity index (χ0) is 13.0. The summed E-state index contributed by atoms with van der Waals surface area (Å²) in [5.41, 5.74) is 2.23. The molecule has 94 valence electrons. The molecule has 1 aromatic carbocycles. The molecular weight excluding hydrogens is 248 g/mol. The Morgan fingerprint density at radius 3 is 2.67 bits per heavy atom. The van der Waals surface area contributed by atoms with E-state index in [0.29, 0.717) is 10.9 Å². The Morgan fingerprint density at radius 2 is 2.06 bits per heavy atom. The Labute approximate surface area is 110 Å². The first-order chi connectivity index (χ1) is 8.63. The number of carbonyl (C=O) groups excluding carboxylic acids is 1. The van der Waals surface area contributed by atoms with Crippen LogP contribution in [0.3, 0.4) is 0 Å². The number of ether oxygens (including phenoxy) is 1. The summed E-state index contributed by atoms with van der Waals surface area (Å²) < 4.78 is 5.44. The molecule has 1 aromatic heterocycles. The molecule has 0 bridgehead atoms. The molecule has 1 N–H and O–H groups in total. The minimum atomic E-state index is -0.205. The number of amides is 1. The third-order valence-electron chi connectivity index (χ3n) is 2.24. The normalized spacial score (nSPS) is 10.1.